The van der Waals surface area contributed by atoms with Crippen LogP contribution in [0, 0.1) is 0 Å². The molecule has 1 aromatic rings. The minimum atomic E-state index is -1.06. The Labute approximate surface area is 128 Å². The molecule has 21 heavy (non-hydrogen) atoms. The quantitative estimate of drug-likeness (QED) is 0.655. The molecule has 108 valence electrons. The summed E-state index contributed by atoms with van der Waals surface area (Å²) in [6, 6.07) is 2.01. The first-order valence-electron chi connectivity index (χ1n) is 6.44. The number of aryl methyl sites for hydroxylation is 1. The lowest BCUT2D eigenvalue weighted by Gasteiger charge is -2.36. The lowest BCUT2D eigenvalue weighted by Crippen LogP contribution is -2.51. The van der Waals surface area contributed by atoms with Gasteiger partial charge in [-0.15, -0.1) is 23.5 Å². The molecule has 6 nitrogen and oxygen atoms in total. The minimum Gasteiger partial charge on any atom is -0.477 e. The minimum absolute atomic E-state index is 0.0627. The van der Waals surface area contributed by atoms with Gasteiger partial charge in [0.15, 0.2) is 0 Å². The van der Waals surface area contributed by atoms with Gasteiger partial charge in [0.05, 0.1) is 17.1 Å². The van der Waals surface area contributed by atoms with Crippen LogP contribution < -0.4 is 0 Å². The molecule has 1 amide bonds. The van der Waals surface area contributed by atoms with Crippen LogP contribution in [0.1, 0.15) is 11.4 Å². The summed E-state index contributed by atoms with van der Waals surface area (Å²) in [7, 11) is 0. The Morgan fingerprint density at radius 2 is 2.38 bits per heavy atom. The maximum absolute atomic E-state index is 12.1. The second-order valence-corrected chi connectivity index (χ2v) is 6.95. The second-order valence-electron chi connectivity index (χ2n) is 4.92. The van der Waals surface area contributed by atoms with Crippen molar-refractivity contribution < 1.29 is 14.7 Å². The number of β-lactam (4-membered cyclic amide) rings is 1. The number of fused-ring (bicyclic) bond motifs is 2. The van der Waals surface area contributed by atoms with E-state index >= 15 is 0 Å². The number of thioether (sulfide) groups is 2. The summed E-state index contributed by atoms with van der Waals surface area (Å²) in [4.78, 5) is 24.5. The summed E-state index contributed by atoms with van der Waals surface area (Å²) in [5, 5.41) is 14.8. The Hall–Kier alpha value is -1.67. The molecule has 0 bridgehead atoms. The van der Waals surface area contributed by atoms with Crippen molar-refractivity contribution in [2.75, 3.05) is 5.75 Å². The van der Waals surface area contributed by atoms with Gasteiger partial charge in [-0.25, -0.2) is 4.79 Å². The third-order valence-electron chi connectivity index (χ3n) is 3.66. The van der Waals surface area contributed by atoms with Crippen molar-refractivity contribution in [2.45, 2.75) is 17.7 Å². The van der Waals surface area contributed by atoms with E-state index in [1.807, 2.05) is 22.5 Å². The topological polar surface area (TPSA) is 75.4 Å². The van der Waals surface area contributed by atoms with E-state index in [2.05, 4.69) is 5.10 Å². The fourth-order valence-electron chi connectivity index (χ4n) is 2.61. The highest BCUT2D eigenvalue weighted by molar-refractivity contribution is 8.03. The molecular weight excluding hydrogens is 310 g/mol. The van der Waals surface area contributed by atoms with Gasteiger partial charge in [-0.3, -0.25) is 14.4 Å². The third kappa shape index (κ3) is 1.93. The highest BCUT2D eigenvalue weighted by atomic mass is 32.2. The number of rotatable bonds is 2. The first-order valence-corrected chi connectivity index (χ1v) is 8.53. The Kier molecular flexibility index (Phi) is 2.90. The number of carboxylic acids is 1. The smallest absolute Gasteiger partial charge is 0.353 e. The lowest BCUT2D eigenvalue weighted by molar-refractivity contribution is -0.141. The van der Waals surface area contributed by atoms with Crippen LogP contribution >= 0.6 is 23.5 Å². The first kappa shape index (κ1) is 13.0. The van der Waals surface area contributed by atoms with Gasteiger partial charge in [-0.05, 0) is 18.6 Å². The van der Waals surface area contributed by atoms with Crippen molar-refractivity contribution in [1.29, 1.82) is 0 Å². The molecule has 1 fully saturated rings. The van der Waals surface area contributed by atoms with Gasteiger partial charge in [-0.2, -0.15) is 5.10 Å². The summed E-state index contributed by atoms with van der Waals surface area (Å²) in [5.74, 6) is 0.645. The van der Waals surface area contributed by atoms with Crippen LogP contribution in [0.15, 0.2) is 22.7 Å². The Bertz CT molecular complexity index is 699. The number of aliphatic carboxylic acids is 1. The van der Waals surface area contributed by atoms with Crippen LogP contribution in [0.5, 0.6) is 0 Å². The molecule has 0 saturated carbocycles. The highest BCUT2D eigenvalue weighted by Gasteiger charge is 2.49. The van der Waals surface area contributed by atoms with Gasteiger partial charge >= 0.3 is 5.97 Å². The summed E-state index contributed by atoms with van der Waals surface area (Å²) in [5.41, 5.74) is 2.65. The van der Waals surface area contributed by atoms with Gasteiger partial charge in [0, 0.05) is 16.9 Å². The predicted molar refractivity (Wildman–Crippen MR) is 80.3 cm³/mol. The van der Waals surface area contributed by atoms with Crippen LogP contribution in [0.25, 0.3) is 6.08 Å². The number of nitrogens with zero attached hydrogens (tertiary/aromatic N) is 3. The van der Waals surface area contributed by atoms with Crippen LogP contribution in [0.3, 0.4) is 0 Å². The van der Waals surface area contributed by atoms with E-state index in [9.17, 15) is 9.59 Å². The van der Waals surface area contributed by atoms with Crippen LogP contribution in [0.2, 0.25) is 0 Å². The van der Waals surface area contributed by atoms with Crippen molar-refractivity contribution >= 4 is 41.5 Å². The molecule has 0 spiro atoms. The van der Waals surface area contributed by atoms with E-state index < -0.39 is 5.97 Å². The van der Waals surface area contributed by atoms with Gasteiger partial charge < -0.3 is 5.11 Å². The van der Waals surface area contributed by atoms with Crippen LogP contribution in [0.4, 0.5) is 0 Å². The molecule has 8 heteroatoms. The summed E-state index contributed by atoms with van der Waals surface area (Å²) >= 11 is 3.19. The monoisotopic (exact) mass is 321 g/mol. The molecule has 0 aromatic carbocycles. The molecular formula is C13H11N3O3S2. The number of carboxylic acid groups (broad SMARTS) is 1. The molecule has 0 unspecified atom stereocenters. The van der Waals surface area contributed by atoms with E-state index in [1.165, 1.54) is 27.8 Å². The largest absolute Gasteiger partial charge is 0.477 e. The molecule has 1 N–H and O–H groups in total. The molecule has 1 saturated heterocycles. The van der Waals surface area contributed by atoms with Gasteiger partial charge in [0.25, 0.3) is 5.91 Å². The molecule has 4 heterocycles. The number of carbonyl (C=O) groups is 2. The number of amides is 1. The molecule has 4 rings (SSSR count). The van der Waals surface area contributed by atoms with Gasteiger partial charge in [0.2, 0.25) is 0 Å². The SMILES string of the molecule is O=C(O)C1=CS[C@@H]2C(=Cc3cc4n(n3)CSCC4)C(=O)N12. The van der Waals surface area contributed by atoms with E-state index in [0.29, 0.717) is 5.57 Å². The number of hydrogen-bond acceptors (Lipinski definition) is 5. The van der Waals surface area contributed by atoms with Gasteiger partial charge in [0.1, 0.15) is 11.1 Å². The summed E-state index contributed by atoms with van der Waals surface area (Å²) in [6.07, 6.45) is 2.77. The fourth-order valence-corrected chi connectivity index (χ4v) is 4.61. The average molecular weight is 321 g/mol. The van der Waals surface area contributed by atoms with Crippen molar-refractivity contribution in [1.82, 2.24) is 14.7 Å². The summed E-state index contributed by atoms with van der Waals surface area (Å²) < 4.78 is 1.96. The second kappa shape index (κ2) is 4.67. The highest BCUT2D eigenvalue weighted by Crippen LogP contribution is 2.45. The number of aromatic nitrogens is 2. The van der Waals surface area contributed by atoms with E-state index in [0.717, 1.165) is 23.7 Å². The number of carbonyl (C=O) groups excluding carboxylic acids is 1. The maximum Gasteiger partial charge on any atom is 0.353 e. The zero-order valence-electron chi connectivity index (χ0n) is 10.9. The Morgan fingerprint density at radius 3 is 3.14 bits per heavy atom. The maximum atomic E-state index is 12.1. The zero-order valence-corrected chi connectivity index (χ0v) is 12.5. The van der Waals surface area contributed by atoms with Crippen molar-refractivity contribution in [2.24, 2.45) is 0 Å². The Morgan fingerprint density at radius 1 is 1.52 bits per heavy atom. The molecule has 0 radical (unpaired) electrons. The Balaban J connectivity index is 1.60. The molecule has 1 atom stereocenters. The van der Waals surface area contributed by atoms with E-state index in [-0.39, 0.29) is 17.0 Å². The van der Waals surface area contributed by atoms with Crippen molar-refractivity contribution in [3.8, 4) is 0 Å². The zero-order chi connectivity index (χ0) is 14.6. The molecule has 0 aliphatic carbocycles. The third-order valence-corrected chi connectivity index (χ3v) is 5.66. The van der Waals surface area contributed by atoms with Gasteiger partial charge in [-0.1, -0.05) is 0 Å². The fraction of sp³-hybridized carbons (Fsp3) is 0.308. The first-order chi connectivity index (χ1) is 10.1. The van der Waals surface area contributed by atoms with E-state index in [1.54, 1.807) is 6.08 Å². The van der Waals surface area contributed by atoms with Crippen LogP contribution in [-0.4, -0.2) is 42.8 Å². The molecule has 1 aromatic heterocycles. The number of hydrogen-bond donors (Lipinski definition) is 1. The van der Waals surface area contributed by atoms with Crippen molar-refractivity contribution in [3.63, 3.8) is 0 Å². The standard InChI is InChI=1S/C13H11N3O3S2/c17-11-9(12-16(11)10(5-21-12)13(18)19)4-7-3-8-1-2-20-6-15(8)14-7/h3-5,12H,1-2,6H2,(H,18,19)/t12-/m1/s1. The summed E-state index contributed by atoms with van der Waals surface area (Å²) in [6.45, 7) is 0. The van der Waals surface area contributed by atoms with E-state index in [4.69, 9.17) is 5.11 Å². The van der Waals surface area contributed by atoms with Crippen molar-refractivity contribution in [3.05, 3.63) is 34.1 Å². The normalized spacial score (nSPS) is 25.4. The molecule has 3 aliphatic heterocycles. The molecule has 3 aliphatic rings. The lowest BCUT2D eigenvalue weighted by atomic mass is 10.0. The van der Waals surface area contributed by atoms with Crippen LogP contribution in [-0.2, 0) is 21.9 Å². The average Bonchev–Trinajstić information content (AvgIpc) is 3.05. The predicted octanol–water partition coefficient (Wildman–Crippen LogP) is 1.35.